The van der Waals surface area contributed by atoms with Crippen LogP contribution in [-0.4, -0.2) is 29.2 Å². The summed E-state index contributed by atoms with van der Waals surface area (Å²) < 4.78 is 57.2. The number of Topliss-reactive ketones (excluding diaryl/α,β-unsaturated/α-hetero) is 1. The maximum atomic E-state index is 14.1. The van der Waals surface area contributed by atoms with Crippen molar-refractivity contribution in [2.45, 2.75) is 19.0 Å². The number of alkyl halides is 3. The Hall–Kier alpha value is -4.21. The Kier molecular flexibility index (Phi) is 5.07. The molecule has 0 saturated heterocycles. The van der Waals surface area contributed by atoms with Crippen molar-refractivity contribution in [2.75, 3.05) is 7.11 Å². The number of halogens is 3. The van der Waals surface area contributed by atoms with Gasteiger partial charge in [-0.15, -0.1) is 0 Å². The van der Waals surface area contributed by atoms with Crippen LogP contribution in [0, 0.1) is 0 Å². The average Bonchev–Trinajstić information content (AvgIpc) is 3.47. The van der Waals surface area contributed by atoms with E-state index >= 15 is 0 Å². The molecule has 1 aliphatic carbocycles. The zero-order valence-electron chi connectivity index (χ0n) is 17.6. The molecule has 0 unspecified atom stereocenters. The second-order valence-corrected chi connectivity index (χ2v) is 7.63. The summed E-state index contributed by atoms with van der Waals surface area (Å²) in [6, 6.07) is 12.5. The quantitative estimate of drug-likeness (QED) is 0.233. The van der Waals surface area contributed by atoms with Gasteiger partial charge in [0.05, 0.1) is 7.11 Å². The summed E-state index contributed by atoms with van der Waals surface area (Å²) in [4.78, 5) is 23.7. The molecule has 2 aromatic heterocycles. The molecule has 1 aliphatic rings. The van der Waals surface area contributed by atoms with E-state index in [1.54, 1.807) is 30.3 Å². The van der Waals surface area contributed by atoms with Gasteiger partial charge in [-0.2, -0.15) is 13.2 Å². The molecule has 0 atom stereocenters. The monoisotopic (exact) mass is 468 g/mol. The van der Waals surface area contributed by atoms with Crippen molar-refractivity contribution in [1.82, 2.24) is 10.3 Å². The lowest BCUT2D eigenvalue weighted by Gasteiger charge is -2.16. The largest absolute Gasteiger partial charge is 0.463 e. The Morgan fingerprint density at radius 2 is 1.65 bits per heavy atom. The number of benzene rings is 2. The van der Waals surface area contributed by atoms with E-state index in [0.29, 0.717) is 35.2 Å². The van der Waals surface area contributed by atoms with E-state index in [0.717, 1.165) is 7.11 Å². The van der Waals surface area contributed by atoms with Crippen molar-refractivity contribution in [3.8, 4) is 34.0 Å². The fraction of sp³-hybridized carbons (Fsp3) is 0.167. The van der Waals surface area contributed by atoms with Gasteiger partial charge in [0, 0.05) is 22.3 Å². The van der Waals surface area contributed by atoms with Gasteiger partial charge in [0.1, 0.15) is 11.3 Å². The highest BCUT2D eigenvalue weighted by molar-refractivity contribution is 6.40. The van der Waals surface area contributed by atoms with Crippen LogP contribution in [0.3, 0.4) is 0 Å². The predicted molar refractivity (Wildman–Crippen MR) is 112 cm³/mol. The van der Waals surface area contributed by atoms with Gasteiger partial charge in [0.2, 0.25) is 0 Å². The van der Waals surface area contributed by atoms with Gasteiger partial charge in [-0.05, 0) is 24.5 Å². The third-order valence-electron chi connectivity index (χ3n) is 5.65. The number of carbonyl (C=O) groups excluding carboxylic acids is 2. The first-order chi connectivity index (χ1) is 16.3. The zero-order valence-corrected chi connectivity index (χ0v) is 17.6. The number of hydrogen-bond acceptors (Lipinski definition) is 7. The Bertz CT molecular complexity index is 1420. The van der Waals surface area contributed by atoms with Crippen LogP contribution in [0.15, 0.2) is 57.6 Å². The average molecular weight is 468 g/mol. The van der Waals surface area contributed by atoms with Crippen molar-refractivity contribution in [1.29, 1.82) is 0 Å². The highest BCUT2D eigenvalue weighted by atomic mass is 19.4. The first-order valence-electron chi connectivity index (χ1n) is 10.2. The van der Waals surface area contributed by atoms with Gasteiger partial charge in [-0.3, -0.25) is 4.79 Å². The molecule has 0 aliphatic heterocycles. The molecule has 4 aromatic rings. The Balaban J connectivity index is 1.60. The molecule has 0 radical (unpaired) electrons. The lowest BCUT2D eigenvalue weighted by Crippen LogP contribution is -2.16. The summed E-state index contributed by atoms with van der Waals surface area (Å²) in [5.41, 5.74) is 0.990. The lowest BCUT2D eigenvalue weighted by molar-refractivity contribution is -0.137. The van der Waals surface area contributed by atoms with Crippen molar-refractivity contribution < 1.29 is 36.5 Å². The molecule has 0 bridgehead atoms. The molecule has 172 valence electrons. The summed E-state index contributed by atoms with van der Waals surface area (Å²) in [5, 5.41) is 7.71. The number of nitrogens with zero attached hydrogens (tertiary/aromatic N) is 2. The second kappa shape index (κ2) is 7.98. The third kappa shape index (κ3) is 3.47. The number of esters is 1. The first-order valence-corrected chi connectivity index (χ1v) is 10.2. The molecule has 0 spiro atoms. The summed E-state index contributed by atoms with van der Waals surface area (Å²) in [7, 11) is 1.12. The van der Waals surface area contributed by atoms with Crippen LogP contribution in [0.2, 0.25) is 0 Å². The number of fused-ring (bicyclic) bond motifs is 3. The van der Waals surface area contributed by atoms with Crippen molar-refractivity contribution >= 4 is 11.8 Å². The number of carbonyl (C=O) groups is 2. The predicted octanol–water partition coefficient (Wildman–Crippen LogP) is 5.14. The standard InChI is InChI=1S/C24H15F3N2O5/c1-32-23(31)20(30)14-8-9-15-13(11-14)7-10-16-18(15)28-34-22(16)19-17(24(25,26)27)21(33-29-19)12-5-3-2-4-6-12/h2-6,8-9,11H,7,10H2,1H3. The smallest absolute Gasteiger partial charge is 0.422 e. The Morgan fingerprint density at radius 3 is 2.35 bits per heavy atom. The Morgan fingerprint density at radius 1 is 0.941 bits per heavy atom. The molecule has 7 nitrogen and oxygen atoms in total. The summed E-state index contributed by atoms with van der Waals surface area (Å²) in [5.74, 6) is -2.30. The lowest BCUT2D eigenvalue weighted by atomic mass is 9.86. The molecule has 0 saturated carbocycles. The topological polar surface area (TPSA) is 95.4 Å². The number of ether oxygens (including phenoxy) is 1. The van der Waals surface area contributed by atoms with E-state index in [1.165, 1.54) is 18.2 Å². The number of aryl methyl sites for hydroxylation is 1. The molecule has 2 aromatic carbocycles. The van der Waals surface area contributed by atoms with Crippen LogP contribution >= 0.6 is 0 Å². The van der Waals surface area contributed by atoms with Gasteiger partial charge in [0.25, 0.3) is 5.78 Å². The highest BCUT2D eigenvalue weighted by Crippen LogP contribution is 2.46. The molecule has 0 fully saturated rings. The van der Waals surface area contributed by atoms with Crippen molar-refractivity contribution in [2.24, 2.45) is 0 Å². The van der Waals surface area contributed by atoms with Gasteiger partial charge >= 0.3 is 12.1 Å². The van der Waals surface area contributed by atoms with E-state index in [-0.39, 0.29) is 16.9 Å². The van der Waals surface area contributed by atoms with Crippen LogP contribution in [-0.2, 0) is 28.5 Å². The summed E-state index contributed by atoms with van der Waals surface area (Å²) in [6.45, 7) is 0. The molecule has 0 N–H and O–H groups in total. The Labute approximate surface area is 190 Å². The van der Waals surface area contributed by atoms with Crippen LogP contribution in [0.5, 0.6) is 0 Å². The summed E-state index contributed by atoms with van der Waals surface area (Å²) >= 11 is 0. The molecule has 5 rings (SSSR count). The van der Waals surface area contributed by atoms with Crippen LogP contribution < -0.4 is 0 Å². The summed E-state index contributed by atoms with van der Waals surface area (Å²) in [6.07, 6.45) is -4.07. The van der Waals surface area contributed by atoms with Gasteiger partial charge < -0.3 is 13.8 Å². The third-order valence-corrected chi connectivity index (χ3v) is 5.65. The zero-order chi connectivity index (χ0) is 24.0. The van der Waals surface area contributed by atoms with E-state index < -0.39 is 34.9 Å². The first kappa shape index (κ1) is 21.6. The van der Waals surface area contributed by atoms with Crippen LogP contribution in [0.1, 0.15) is 27.0 Å². The number of rotatable bonds is 4. The number of hydrogen-bond donors (Lipinski definition) is 0. The van der Waals surface area contributed by atoms with Gasteiger partial charge in [0.15, 0.2) is 17.2 Å². The maximum Gasteiger partial charge on any atom is 0.422 e. The van der Waals surface area contributed by atoms with E-state index in [4.69, 9.17) is 9.05 Å². The fourth-order valence-electron chi connectivity index (χ4n) is 4.08. The normalized spacial score (nSPS) is 12.7. The molecule has 0 amide bonds. The van der Waals surface area contributed by atoms with Crippen LogP contribution in [0.25, 0.3) is 34.0 Å². The number of ketones is 1. The molecule has 34 heavy (non-hydrogen) atoms. The van der Waals surface area contributed by atoms with E-state index in [9.17, 15) is 22.8 Å². The highest BCUT2D eigenvalue weighted by Gasteiger charge is 2.43. The maximum absolute atomic E-state index is 14.1. The van der Waals surface area contributed by atoms with Crippen molar-refractivity contribution in [3.63, 3.8) is 0 Å². The molecule has 2 heterocycles. The minimum atomic E-state index is -4.75. The number of aromatic nitrogens is 2. The molecule has 10 heteroatoms. The minimum absolute atomic E-state index is 0.117. The van der Waals surface area contributed by atoms with Gasteiger partial charge in [-0.1, -0.05) is 52.8 Å². The fourth-order valence-corrected chi connectivity index (χ4v) is 4.08. The van der Waals surface area contributed by atoms with E-state index in [1.807, 2.05) is 0 Å². The van der Waals surface area contributed by atoms with Crippen LogP contribution in [0.4, 0.5) is 13.2 Å². The minimum Gasteiger partial charge on any atom is -0.463 e. The number of methoxy groups -OCH3 is 1. The molecular formula is C24H15F3N2O5. The second-order valence-electron chi connectivity index (χ2n) is 7.63. The van der Waals surface area contributed by atoms with Gasteiger partial charge in [-0.25, -0.2) is 4.79 Å². The SMILES string of the molecule is COC(=O)C(=O)c1ccc2c(c1)CCc1c-2noc1-c1noc(-c2ccccc2)c1C(F)(F)F. The van der Waals surface area contributed by atoms with E-state index in [2.05, 4.69) is 15.1 Å². The molecular weight excluding hydrogens is 453 g/mol. The van der Waals surface area contributed by atoms with Crippen molar-refractivity contribution in [3.05, 3.63) is 70.8 Å².